The van der Waals surface area contributed by atoms with Gasteiger partial charge in [-0.1, -0.05) is 104 Å². The van der Waals surface area contributed by atoms with Crippen molar-refractivity contribution in [2.45, 2.75) is 44.2 Å². The number of fused-ring (bicyclic) bond motifs is 1. The number of carbonyl (C=O) groups is 1. The van der Waals surface area contributed by atoms with E-state index in [1.165, 1.54) is 0 Å². The number of rotatable bonds is 8. The molecule has 6 heteroatoms. The Bertz CT molecular complexity index is 1850. The largest absolute Gasteiger partial charge is 0.345 e. The van der Waals surface area contributed by atoms with E-state index in [0.29, 0.717) is 54.5 Å². The number of nitrogens with zero attached hydrogens (tertiary/aromatic N) is 3. The molecule has 6 nitrogen and oxygen atoms in total. The number of carbonyl (C=O) groups excluding carboxylic acids is 1. The average molecular weight is 581 g/mol. The van der Waals surface area contributed by atoms with E-state index in [-0.39, 0.29) is 17.5 Å². The number of hydrogen-bond acceptors (Lipinski definition) is 4. The van der Waals surface area contributed by atoms with E-state index in [4.69, 9.17) is 0 Å². The Balaban J connectivity index is 1.44. The zero-order valence-electron chi connectivity index (χ0n) is 24.9. The average Bonchev–Trinajstić information content (AvgIpc) is 3.09. The summed E-state index contributed by atoms with van der Waals surface area (Å²) in [7, 11) is 0. The van der Waals surface area contributed by atoms with Crippen LogP contribution in [0.5, 0.6) is 0 Å². The lowest BCUT2D eigenvalue weighted by atomic mass is 9.74. The predicted octanol–water partition coefficient (Wildman–Crippen LogP) is 6.93. The lowest BCUT2D eigenvalue weighted by molar-refractivity contribution is 0.0933. The summed E-state index contributed by atoms with van der Waals surface area (Å²) in [6, 6.07) is 39.4. The van der Waals surface area contributed by atoms with Crippen molar-refractivity contribution in [3.8, 4) is 11.8 Å². The molecule has 1 fully saturated rings. The van der Waals surface area contributed by atoms with Gasteiger partial charge in [0.2, 0.25) is 0 Å². The third-order valence-electron chi connectivity index (χ3n) is 8.97. The van der Waals surface area contributed by atoms with Crippen LogP contribution in [0.25, 0.3) is 16.5 Å². The molecule has 2 heterocycles. The number of amides is 1. The molecule has 0 saturated carbocycles. The first-order valence-electron chi connectivity index (χ1n) is 15.3. The number of nitriles is 1. The van der Waals surface area contributed by atoms with Gasteiger partial charge >= 0.3 is 0 Å². The SMILES string of the molecule is CC[C@H](NC(=O)c1c(CN2CCC(C#N)(c3ccccc3)CC2)n(-c2ccccc2)c(=O)c2ccccc12)c1ccccc1. The lowest BCUT2D eigenvalue weighted by Gasteiger charge is -2.38. The van der Waals surface area contributed by atoms with E-state index < -0.39 is 5.41 Å². The summed E-state index contributed by atoms with van der Waals surface area (Å²) in [4.78, 5) is 30.8. The molecule has 0 spiro atoms. The Labute approximate surface area is 258 Å². The topological polar surface area (TPSA) is 78.1 Å². The smallest absolute Gasteiger partial charge is 0.263 e. The van der Waals surface area contributed by atoms with Gasteiger partial charge in [-0.05, 0) is 48.6 Å². The van der Waals surface area contributed by atoms with Crippen molar-refractivity contribution in [2.24, 2.45) is 0 Å². The maximum absolute atomic E-state index is 14.4. The molecule has 0 aliphatic carbocycles. The minimum Gasteiger partial charge on any atom is -0.345 e. The molecule has 1 N–H and O–H groups in total. The van der Waals surface area contributed by atoms with Gasteiger partial charge in [0.25, 0.3) is 11.5 Å². The van der Waals surface area contributed by atoms with E-state index in [9.17, 15) is 14.9 Å². The van der Waals surface area contributed by atoms with Gasteiger partial charge in [-0.25, -0.2) is 0 Å². The second-order valence-electron chi connectivity index (χ2n) is 11.5. The van der Waals surface area contributed by atoms with Crippen LogP contribution in [0, 0.1) is 11.3 Å². The monoisotopic (exact) mass is 580 g/mol. The second kappa shape index (κ2) is 12.7. The molecule has 1 saturated heterocycles. The molecule has 4 aromatic carbocycles. The summed E-state index contributed by atoms with van der Waals surface area (Å²) in [5.41, 5.74) is 3.26. The normalized spacial score (nSPS) is 15.4. The Hall–Kier alpha value is -4.99. The predicted molar refractivity (Wildman–Crippen MR) is 175 cm³/mol. The maximum Gasteiger partial charge on any atom is 0.263 e. The molecule has 1 amide bonds. The van der Waals surface area contributed by atoms with Gasteiger partial charge in [0.1, 0.15) is 0 Å². The summed E-state index contributed by atoms with van der Waals surface area (Å²) in [6.45, 7) is 3.79. The van der Waals surface area contributed by atoms with E-state index in [1.54, 1.807) is 10.6 Å². The van der Waals surface area contributed by atoms with Crippen LogP contribution in [-0.4, -0.2) is 28.5 Å². The standard InChI is InChI=1S/C38H36N4O2/c1-2-33(28-14-6-3-7-15-28)40-36(43)35-31-20-12-13-21-32(31)37(44)42(30-18-10-5-11-19-30)34(35)26-41-24-22-38(27-39,23-25-41)29-16-8-4-9-17-29/h3-21,33H,2,22-26H2,1H3,(H,40,43)/t33-/m0/s1. The van der Waals surface area contributed by atoms with Crippen molar-refractivity contribution in [3.63, 3.8) is 0 Å². The molecule has 220 valence electrons. The number of piperidine rings is 1. The third kappa shape index (κ3) is 5.55. The Morgan fingerprint density at radius 2 is 1.41 bits per heavy atom. The number of likely N-dealkylation sites (tertiary alicyclic amines) is 1. The second-order valence-corrected chi connectivity index (χ2v) is 11.5. The van der Waals surface area contributed by atoms with E-state index in [2.05, 4.69) is 23.2 Å². The number of pyridine rings is 1. The Morgan fingerprint density at radius 3 is 2.02 bits per heavy atom. The number of nitrogens with one attached hydrogen (secondary N) is 1. The third-order valence-corrected chi connectivity index (χ3v) is 8.97. The fraction of sp³-hybridized carbons (Fsp3) is 0.237. The molecule has 1 aliphatic rings. The number of aromatic nitrogens is 1. The van der Waals surface area contributed by atoms with Crippen LogP contribution in [0.3, 0.4) is 0 Å². The van der Waals surface area contributed by atoms with Crippen molar-refractivity contribution in [1.82, 2.24) is 14.8 Å². The molecular formula is C38H36N4O2. The van der Waals surface area contributed by atoms with E-state index in [0.717, 1.165) is 23.2 Å². The van der Waals surface area contributed by atoms with Crippen molar-refractivity contribution in [1.29, 1.82) is 5.26 Å². The Morgan fingerprint density at radius 1 is 0.841 bits per heavy atom. The molecule has 1 aliphatic heterocycles. The highest BCUT2D eigenvalue weighted by atomic mass is 16.2. The molecule has 0 unspecified atom stereocenters. The maximum atomic E-state index is 14.4. The molecule has 0 bridgehead atoms. The highest BCUT2D eigenvalue weighted by Crippen LogP contribution is 2.36. The Kier molecular flexibility index (Phi) is 8.40. The molecular weight excluding hydrogens is 544 g/mol. The summed E-state index contributed by atoms with van der Waals surface area (Å²) >= 11 is 0. The van der Waals surface area contributed by atoms with E-state index in [1.807, 2.05) is 109 Å². The number of hydrogen-bond donors (Lipinski definition) is 1. The van der Waals surface area contributed by atoms with Crippen molar-refractivity contribution in [2.75, 3.05) is 13.1 Å². The van der Waals surface area contributed by atoms with Gasteiger partial charge < -0.3 is 5.32 Å². The van der Waals surface area contributed by atoms with Gasteiger partial charge in [-0.2, -0.15) is 5.26 Å². The minimum absolute atomic E-state index is 0.152. The summed E-state index contributed by atoms with van der Waals surface area (Å²) in [5.74, 6) is -0.204. The van der Waals surface area contributed by atoms with Crippen molar-refractivity contribution >= 4 is 16.7 Å². The van der Waals surface area contributed by atoms with Gasteiger partial charge in [-0.15, -0.1) is 0 Å². The summed E-state index contributed by atoms with van der Waals surface area (Å²) < 4.78 is 1.71. The summed E-state index contributed by atoms with van der Waals surface area (Å²) in [6.07, 6.45) is 2.07. The molecule has 0 radical (unpaired) electrons. The van der Waals surface area contributed by atoms with Crippen LogP contribution in [-0.2, 0) is 12.0 Å². The first-order valence-corrected chi connectivity index (χ1v) is 15.3. The number of benzene rings is 4. The van der Waals surface area contributed by atoms with Gasteiger partial charge in [-0.3, -0.25) is 19.1 Å². The van der Waals surface area contributed by atoms with Gasteiger partial charge in [0.05, 0.1) is 28.8 Å². The van der Waals surface area contributed by atoms with Crippen LogP contribution in [0.1, 0.15) is 59.4 Å². The fourth-order valence-electron chi connectivity index (χ4n) is 6.51. The van der Waals surface area contributed by atoms with Crippen LogP contribution >= 0.6 is 0 Å². The van der Waals surface area contributed by atoms with E-state index >= 15 is 0 Å². The van der Waals surface area contributed by atoms with Crippen molar-refractivity contribution in [3.05, 3.63) is 148 Å². The zero-order chi connectivity index (χ0) is 30.5. The minimum atomic E-state index is -0.551. The summed E-state index contributed by atoms with van der Waals surface area (Å²) in [5, 5.41) is 14.7. The van der Waals surface area contributed by atoms with Crippen LogP contribution in [0.4, 0.5) is 0 Å². The zero-order valence-corrected chi connectivity index (χ0v) is 24.9. The first kappa shape index (κ1) is 29.1. The molecule has 1 atom stereocenters. The quantitative estimate of drug-likeness (QED) is 0.216. The lowest BCUT2D eigenvalue weighted by Crippen LogP contribution is -2.43. The van der Waals surface area contributed by atoms with Gasteiger partial charge in [0, 0.05) is 36.1 Å². The highest BCUT2D eigenvalue weighted by Gasteiger charge is 2.37. The van der Waals surface area contributed by atoms with Crippen LogP contribution < -0.4 is 10.9 Å². The highest BCUT2D eigenvalue weighted by molar-refractivity contribution is 6.08. The first-order chi connectivity index (χ1) is 21.5. The molecule has 5 aromatic rings. The molecule has 6 rings (SSSR count). The van der Waals surface area contributed by atoms with Crippen LogP contribution in [0.2, 0.25) is 0 Å². The molecule has 44 heavy (non-hydrogen) atoms. The number of para-hydroxylation sites is 1. The van der Waals surface area contributed by atoms with Gasteiger partial charge in [0.15, 0.2) is 0 Å². The fourth-order valence-corrected chi connectivity index (χ4v) is 6.51. The molecule has 1 aromatic heterocycles. The van der Waals surface area contributed by atoms with Crippen LogP contribution in [0.15, 0.2) is 120 Å². The van der Waals surface area contributed by atoms with Crippen molar-refractivity contribution < 1.29 is 4.79 Å².